The van der Waals surface area contributed by atoms with Crippen LogP contribution < -0.4 is 0 Å². The molecule has 0 atom stereocenters. The second kappa shape index (κ2) is 2.61. The van der Waals surface area contributed by atoms with E-state index in [1.807, 2.05) is 6.92 Å². The SMILES string of the molecule is [2H]c1cc([2H])c2oc3c(C)cc([2H])cc3c2c1. The lowest BCUT2D eigenvalue weighted by Gasteiger charge is -1.91. The summed E-state index contributed by atoms with van der Waals surface area (Å²) in [5.41, 5.74) is 2.08. The van der Waals surface area contributed by atoms with Crippen molar-refractivity contribution < 1.29 is 8.53 Å². The smallest absolute Gasteiger partial charge is 0.138 e. The van der Waals surface area contributed by atoms with Crippen LogP contribution in [0.5, 0.6) is 0 Å². The van der Waals surface area contributed by atoms with Gasteiger partial charge in [-0.1, -0.05) is 36.4 Å². The third-order valence-electron chi connectivity index (χ3n) is 2.38. The van der Waals surface area contributed by atoms with Crippen LogP contribution in [0.2, 0.25) is 0 Å². The van der Waals surface area contributed by atoms with Crippen molar-refractivity contribution in [2.24, 2.45) is 0 Å². The van der Waals surface area contributed by atoms with Crippen molar-refractivity contribution in [1.29, 1.82) is 0 Å². The summed E-state index contributed by atoms with van der Waals surface area (Å²) in [6.07, 6.45) is 0. The molecule has 14 heavy (non-hydrogen) atoms. The Kier molecular flexibility index (Phi) is 0.971. The molecule has 2 aromatic carbocycles. The van der Waals surface area contributed by atoms with Gasteiger partial charge in [0.25, 0.3) is 0 Å². The van der Waals surface area contributed by atoms with Gasteiger partial charge in [-0.2, -0.15) is 0 Å². The van der Waals surface area contributed by atoms with Crippen LogP contribution in [-0.2, 0) is 0 Å². The van der Waals surface area contributed by atoms with E-state index in [-0.39, 0.29) is 6.04 Å². The normalized spacial score (nSPS) is 14.2. The first-order valence-corrected chi connectivity index (χ1v) is 4.47. The van der Waals surface area contributed by atoms with E-state index in [1.54, 1.807) is 18.2 Å². The van der Waals surface area contributed by atoms with Gasteiger partial charge in [0.05, 0.1) is 4.11 Å². The van der Waals surface area contributed by atoms with Crippen molar-refractivity contribution in [2.45, 2.75) is 6.92 Å². The molecule has 1 nitrogen and oxygen atoms in total. The molecule has 0 saturated heterocycles. The molecular formula is C13H10O. The number of rotatable bonds is 0. The molecule has 0 fully saturated rings. The highest BCUT2D eigenvalue weighted by atomic mass is 16.3. The van der Waals surface area contributed by atoms with Gasteiger partial charge in [0.15, 0.2) is 0 Å². The van der Waals surface area contributed by atoms with Gasteiger partial charge >= 0.3 is 0 Å². The van der Waals surface area contributed by atoms with E-state index in [2.05, 4.69) is 0 Å². The Morgan fingerprint density at radius 2 is 2.00 bits per heavy atom. The maximum Gasteiger partial charge on any atom is 0.138 e. The van der Waals surface area contributed by atoms with E-state index in [4.69, 9.17) is 8.53 Å². The summed E-state index contributed by atoms with van der Waals surface area (Å²) < 4.78 is 28.8. The highest BCUT2D eigenvalue weighted by molar-refractivity contribution is 6.05. The maximum atomic E-state index is 7.80. The Morgan fingerprint density at radius 3 is 2.93 bits per heavy atom. The Morgan fingerprint density at radius 1 is 1.14 bits per heavy atom. The highest BCUT2D eigenvalue weighted by Gasteiger charge is 2.06. The molecule has 1 heterocycles. The van der Waals surface area contributed by atoms with Crippen LogP contribution >= 0.6 is 0 Å². The molecule has 1 heteroatoms. The number of benzene rings is 2. The Balaban J connectivity index is 2.60. The van der Waals surface area contributed by atoms with Crippen LogP contribution in [0.25, 0.3) is 21.9 Å². The molecule has 0 unspecified atom stereocenters. The van der Waals surface area contributed by atoms with Crippen LogP contribution in [0, 0.1) is 6.92 Å². The molecule has 68 valence electrons. The third-order valence-corrected chi connectivity index (χ3v) is 2.38. The summed E-state index contributed by atoms with van der Waals surface area (Å²) in [4.78, 5) is 0. The van der Waals surface area contributed by atoms with Crippen LogP contribution in [0.15, 0.2) is 46.8 Å². The van der Waals surface area contributed by atoms with E-state index in [9.17, 15) is 0 Å². The second-order valence-corrected chi connectivity index (χ2v) is 3.33. The summed E-state index contributed by atoms with van der Waals surface area (Å²) in [7, 11) is 0. The standard InChI is InChI=1S/C13H10O/c1-9-5-4-7-11-10-6-2-3-8-12(10)14-13(9)11/h2-8H,1H3/i2D,4D,8D. The molecule has 0 bridgehead atoms. The number of aryl methyl sites for hydroxylation is 1. The summed E-state index contributed by atoms with van der Waals surface area (Å²) in [5.74, 6) is 0. The molecule has 0 spiro atoms. The van der Waals surface area contributed by atoms with E-state index < -0.39 is 0 Å². The molecule has 0 N–H and O–H groups in total. The van der Waals surface area contributed by atoms with Gasteiger partial charge < -0.3 is 4.42 Å². The molecule has 0 radical (unpaired) electrons. The van der Waals surface area contributed by atoms with Crippen LogP contribution in [0.1, 0.15) is 9.68 Å². The number of hydrogen-bond acceptors (Lipinski definition) is 1. The first kappa shape index (κ1) is 5.20. The lowest BCUT2D eigenvalue weighted by atomic mass is 10.1. The van der Waals surface area contributed by atoms with Gasteiger partial charge in [-0.15, -0.1) is 0 Å². The molecule has 3 rings (SSSR count). The first-order valence-electron chi connectivity index (χ1n) is 5.97. The Hall–Kier alpha value is -1.76. The summed E-state index contributed by atoms with van der Waals surface area (Å²) in [6, 6.07) is 7.51. The molecule has 1 aromatic heterocycles. The van der Waals surface area contributed by atoms with Crippen molar-refractivity contribution in [2.75, 3.05) is 0 Å². The van der Waals surface area contributed by atoms with Gasteiger partial charge in [0.1, 0.15) is 11.2 Å². The number of furan rings is 1. The average molecular weight is 185 g/mol. The van der Waals surface area contributed by atoms with Crippen molar-refractivity contribution in [3.8, 4) is 0 Å². The largest absolute Gasteiger partial charge is 0.456 e. The fourth-order valence-electron chi connectivity index (χ4n) is 1.69. The molecular weight excluding hydrogens is 172 g/mol. The quantitative estimate of drug-likeness (QED) is 0.517. The van der Waals surface area contributed by atoms with Crippen molar-refractivity contribution in [3.05, 3.63) is 48.0 Å². The molecule has 0 aliphatic rings. The van der Waals surface area contributed by atoms with Crippen LogP contribution in [-0.4, -0.2) is 0 Å². The van der Waals surface area contributed by atoms with Gasteiger partial charge in [0, 0.05) is 10.8 Å². The van der Waals surface area contributed by atoms with E-state index in [1.165, 1.54) is 6.07 Å². The lowest BCUT2D eigenvalue weighted by molar-refractivity contribution is 0.666. The van der Waals surface area contributed by atoms with Gasteiger partial charge in [-0.25, -0.2) is 0 Å². The van der Waals surface area contributed by atoms with Gasteiger partial charge in [0.2, 0.25) is 0 Å². The molecule has 0 aliphatic carbocycles. The number of fused-ring (bicyclic) bond motifs is 3. The zero-order chi connectivity index (χ0) is 12.2. The zero-order valence-corrected chi connectivity index (χ0v) is 7.72. The fourth-order valence-corrected chi connectivity index (χ4v) is 1.69. The Labute approximate surface area is 86.2 Å². The Bertz CT molecular complexity index is 681. The average Bonchev–Trinajstić information content (AvgIpc) is 2.58. The predicted molar refractivity (Wildman–Crippen MR) is 58.5 cm³/mol. The number of hydrogen-bond donors (Lipinski definition) is 0. The van der Waals surface area contributed by atoms with Crippen LogP contribution in [0.4, 0.5) is 0 Å². The molecule has 0 amide bonds. The van der Waals surface area contributed by atoms with Crippen LogP contribution in [0.3, 0.4) is 0 Å². The third kappa shape index (κ3) is 0.896. The van der Waals surface area contributed by atoms with Crippen molar-refractivity contribution in [1.82, 2.24) is 0 Å². The first-order chi connectivity index (χ1) is 8.06. The molecule has 0 saturated carbocycles. The summed E-state index contributed by atoms with van der Waals surface area (Å²) in [6.45, 7) is 1.88. The van der Waals surface area contributed by atoms with Crippen molar-refractivity contribution >= 4 is 21.9 Å². The van der Waals surface area contributed by atoms with E-state index >= 15 is 0 Å². The highest BCUT2D eigenvalue weighted by Crippen LogP contribution is 2.29. The molecule has 0 aliphatic heterocycles. The van der Waals surface area contributed by atoms with E-state index in [0.717, 1.165) is 16.3 Å². The topological polar surface area (TPSA) is 13.1 Å². The van der Waals surface area contributed by atoms with E-state index in [0.29, 0.717) is 23.3 Å². The minimum Gasteiger partial charge on any atom is -0.456 e. The minimum atomic E-state index is 0.217. The maximum absolute atomic E-state index is 7.80. The van der Waals surface area contributed by atoms with Crippen molar-refractivity contribution in [3.63, 3.8) is 0 Å². The predicted octanol–water partition coefficient (Wildman–Crippen LogP) is 3.89. The zero-order valence-electron chi connectivity index (χ0n) is 10.7. The summed E-state index contributed by atoms with van der Waals surface area (Å²) >= 11 is 0. The summed E-state index contributed by atoms with van der Waals surface area (Å²) in [5, 5.41) is 1.56. The lowest BCUT2D eigenvalue weighted by Crippen LogP contribution is -1.70. The van der Waals surface area contributed by atoms with Gasteiger partial charge in [-0.3, -0.25) is 0 Å². The monoisotopic (exact) mass is 185 g/mol. The van der Waals surface area contributed by atoms with Gasteiger partial charge in [-0.05, 0) is 18.5 Å². The number of para-hydroxylation sites is 2. The fraction of sp³-hybridized carbons (Fsp3) is 0.0769. The molecule has 3 aromatic rings. The minimum absolute atomic E-state index is 0.217. The second-order valence-electron chi connectivity index (χ2n) is 3.33.